The van der Waals surface area contributed by atoms with E-state index < -0.39 is 5.97 Å². The summed E-state index contributed by atoms with van der Waals surface area (Å²) in [6, 6.07) is 0. The van der Waals surface area contributed by atoms with Crippen LogP contribution in [0.1, 0.15) is 19.5 Å². The highest BCUT2D eigenvalue weighted by Gasteiger charge is 2.18. The second-order valence-corrected chi connectivity index (χ2v) is 4.76. The summed E-state index contributed by atoms with van der Waals surface area (Å²) in [4.78, 5) is 36.2. The number of hydrogen-bond donors (Lipinski definition) is 0. The van der Waals surface area contributed by atoms with E-state index in [4.69, 9.17) is 4.74 Å². The van der Waals surface area contributed by atoms with Gasteiger partial charge in [-0.2, -0.15) is 0 Å². The van der Waals surface area contributed by atoms with E-state index in [1.807, 2.05) is 0 Å². The third-order valence-corrected chi connectivity index (χ3v) is 3.51. The van der Waals surface area contributed by atoms with Gasteiger partial charge < -0.3 is 9.64 Å². The lowest BCUT2D eigenvalue weighted by atomic mass is 10.4. The molecule has 1 aromatic rings. The molecule has 0 aliphatic carbocycles. The molecule has 106 valence electrons. The number of hydrogen-bond acceptors (Lipinski definition) is 5. The second-order valence-electron chi connectivity index (χ2n) is 3.94. The molecule has 0 aliphatic heterocycles. The Kier molecular flexibility index (Phi) is 5.75. The molecule has 0 fully saturated rings. The van der Waals surface area contributed by atoms with E-state index in [9.17, 15) is 14.4 Å². The summed E-state index contributed by atoms with van der Waals surface area (Å²) >= 11 is 1.06. The minimum atomic E-state index is -0.438. The van der Waals surface area contributed by atoms with Crippen molar-refractivity contribution in [3.05, 3.63) is 20.7 Å². The molecule has 0 saturated carbocycles. The first-order chi connectivity index (χ1) is 8.99. The first-order valence-corrected chi connectivity index (χ1v) is 6.95. The van der Waals surface area contributed by atoms with Crippen molar-refractivity contribution >= 4 is 23.2 Å². The van der Waals surface area contributed by atoms with E-state index in [-0.39, 0.29) is 30.5 Å². The number of rotatable bonds is 6. The smallest absolute Gasteiger partial charge is 0.325 e. The van der Waals surface area contributed by atoms with Crippen LogP contribution >= 0.6 is 11.3 Å². The third kappa shape index (κ3) is 4.20. The summed E-state index contributed by atoms with van der Waals surface area (Å²) in [5.74, 6) is -0.703. The number of aryl methyl sites for hydroxylation is 1. The number of amides is 1. The molecular weight excluding hydrogens is 268 g/mol. The quantitative estimate of drug-likeness (QED) is 0.719. The summed E-state index contributed by atoms with van der Waals surface area (Å²) in [7, 11) is 0. The van der Waals surface area contributed by atoms with Crippen LogP contribution in [-0.2, 0) is 20.9 Å². The molecule has 0 radical (unpaired) electrons. The van der Waals surface area contributed by atoms with Gasteiger partial charge in [0.25, 0.3) is 0 Å². The summed E-state index contributed by atoms with van der Waals surface area (Å²) in [6.45, 7) is 5.82. The number of carbonyl (C=O) groups is 2. The van der Waals surface area contributed by atoms with Gasteiger partial charge in [0, 0.05) is 17.6 Å². The third-order valence-electron chi connectivity index (χ3n) is 2.63. The van der Waals surface area contributed by atoms with Gasteiger partial charge in [-0.15, -0.1) is 0 Å². The van der Waals surface area contributed by atoms with Crippen LogP contribution in [0.5, 0.6) is 0 Å². The molecule has 1 amide bonds. The molecule has 0 saturated heterocycles. The number of nitrogens with zero attached hydrogens (tertiary/aromatic N) is 2. The van der Waals surface area contributed by atoms with Crippen molar-refractivity contribution in [1.29, 1.82) is 0 Å². The van der Waals surface area contributed by atoms with Crippen molar-refractivity contribution in [2.24, 2.45) is 0 Å². The van der Waals surface area contributed by atoms with Gasteiger partial charge >= 0.3 is 10.8 Å². The lowest BCUT2D eigenvalue weighted by Gasteiger charge is -2.20. The normalized spacial score (nSPS) is 10.3. The van der Waals surface area contributed by atoms with Gasteiger partial charge in [-0.3, -0.25) is 19.0 Å². The van der Waals surface area contributed by atoms with E-state index in [1.54, 1.807) is 26.2 Å². The zero-order chi connectivity index (χ0) is 14.4. The zero-order valence-corrected chi connectivity index (χ0v) is 12.2. The van der Waals surface area contributed by atoms with Crippen LogP contribution in [0.2, 0.25) is 0 Å². The SMILES string of the molecule is CCOC(=O)CN(CC)C(=O)Cn1c(C)csc1=O. The number of thiazole rings is 1. The van der Waals surface area contributed by atoms with Gasteiger partial charge in [-0.25, -0.2) is 0 Å². The van der Waals surface area contributed by atoms with E-state index in [0.29, 0.717) is 6.54 Å². The molecule has 0 atom stereocenters. The van der Waals surface area contributed by atoms with Crippen LogP contribution in [0.25, 0.3) is 0 Å². The zero-order valence-electron chi connectivity index (χ0n) is 11.3. The van der Waals surface area contributed by atoms with Crippen molar-refractivity contribution in [2.75, 3.05) is 19.7 Å². The molecule has 0 N–H and O–H groups in total. The van der Waals surface area contributed by atoms with Gasteiger partial charge in [0.05, 0.1) is 6.61 Å². The van der Waals surface area contributed by atoms with Crippen LogP contribution in [-0.4, -0.2) is 41.0 Å². The van der Waals surface area contributed by atoms with Crippen LogP contribution < -0.4 is 4.87 Å². The van der Waals surface area contributed by atoms with Crippen molar-refractivity contribution in [3.8, 4) is 0 Å². The number of aromatic nitrogens is 1. The maximum Gasteiger partial charge on any atom is 0.325 e. The molecule has 1 heterocycles. The van der Waals surface area contributed by atoms with Crippen LogP contribution in [0.4, 0.5) is 0 Å². The van der Waals surface area contributed by atoms with Crippen molar-refractivity contribution in [3.63, 3.8) is 0 Å². The molecule has 0 unspecified atom stereocenters. The summed E-state index contributed by atoms with van der Waals surface area (Å²) in [5.41, 5.74) is 0.746. The number of ether oxygens (including phenoxy) is 1. The number of carbonyl (C=O) groups excluding carboxylic acids is 2. The standard InChI is InChI=1S/C12H18N2O4S/c1-4-13(7-11(16)18-5-2)10(15)6-14-9(3)8-19-12(14)17/h8H,4-7H2,1-3H3. The summed E-state index contributed by atoms with van der Waals surface area (Å²) in [5, 5.41) is 1.71. The molecule has 1 rings (SSSR count). The summed E-state index contributed by atoms with van der Waals surface area (Å²) < 4.78 is 6.21. The number of likely N-dealkylation sites (N-methyl/N-ethyl adjacent to an activating group) is 1. The van der Waals surface area contributed by atoms with Gasteiger partial charge in [0.2, 0.25) is 5.91 Å². The highest BCUT2D eigenvalue weighted by molar-refractivity contribution is 7.07. The summed E-state index contributed by atoms with van der Waals surface area (Å²) in [6.07, 6.45) is 0. The monoisotopic (exact) mass is 286 g/mol. The van der Waals surface area contributed by atoms with Crippen molar-refractivity contribution in [1.82, 2.24) is 9.47 Å². The average molecular weight is 286 g/mol. The lowest BCUT2D eigenvalue weighted by Crippen LogP contribution is -2.39. The Hall–Kier alpha value is -1.63. The average Bonchev–Trinajstić information content (AvgIpc) is 2.68. The highest BCUT2D eigenvalue weighted by atomic mass is 32.1. The molecule has 19 heavy (non-hydrogen) atoms. The Morgan fingerprint density at radius 2 is 2.11 bits per heavy atom. The maximum atomic E-state index is 12.0. The maximum absolute atomic E-state index is 12.0. The predicted molar refractivity (Wildman–Crippen MR) is 72.2 cm³/mol. The fourth-order valence-corrected chi connectivity index (χ4v) is 2.30. The van der Waals surface area contributed by atoms with E-state index in [1.165, 1.54) is 9.47 Å². The minimum absolute atomic E-state index is 0.0403. The van der Waals surface area contributed by atoms with E-state index in [2.05, 4.69) is 0 Å². The van der Waals surface area contributed by atoms with E-state index >= 15 is 0 Å². The molecule has 1 aromatic heterocycles. The Morgan fingerprint density at radius 1 is 1.42 bits per heavy atom. The van der Waals surface area contributed by atoms with Gasteiger partial charge in [-0.1, -0.05) is 11.3 Å². The largest absolute Gasteiger partial charge is 0.465 e. The Labute approximate surface area is 115 Å². The highest BCUT2D eigenvalue weighted by Crippen LogP contribution is 2.01. The lowest BCUT2D eigenvalue weighted by molar-refractivity contribution is -0.149. The van der Waals surface area contributed by atoms with Crippen LogP contribution in [0, 0.1) is 6.92 Å². The van der Waals surface area contributed by atoms with Crippen LogP contribution in [0.15, 0.2) is 10.2 Å². The van der Waals surface area contributed by atoms with Crippen LogP contribution in [0.3, 0.4) is 0 Å². The van der Waals surface area contributed by atoms with Crippen molar-refractivity contribution < 1.29 is 14.3 Å². The molecule has 7 heteroatoms. The first kappa shape index (κ1) is 15.4. The second kappa shape index (κ2) is 7.08. The number of esters is 1. The topological polar surface area (TPSA) is 68.6 Å². The van der Waals surface area contributed by atoms with Gasteiger partial charge in [-0.05, 0) is 20.8 Å². The minimum Gasteiger partial charge on any atom is -0.465 e. The Morgan fingerprint density at radius 3 is 2.58 bits per heavy atom. The van der Waals surface area contributed by atoms with Crippen molar-refractivity contribution in [2.45, 2.75) is 27.3 Å². The fraction of sp³-hybridized carbons (Fsp3) is 0.583. The molecule has 0 bridgehead atoms. The Bertz CT molecular complexity index is 506. The van der Waals surface area contributed by atoms with Gasteiger partial charge in [0.1, 0.15) is 13.1 Å². The van der Waals surface area contributed by atoms with E-state index in [0.717, 1.165) is 17.0 Å². The molecule has 6 nitrogen and oxygen atoms in total. The predicted octanol–water partition coefficient (Wildman–Crippen LogP) is 0.630. The molecular formula is C12H18N2O4S. The Balaban J connectivity index is 2.69. The fourth-order valence-electron chi connectivity index (χ4n) is 1.57. The first-order valence-electron chi connectivity index (χ1n) is 6.07. The molecule has 0 aromatic carbocycles. The van der Waals surface area contributed by atoms with Gasteiger partial charge in [0.15, 0.2) is 0 Å². The molecule has 0 aliphatic rings. The molecule has 0 spiro atoms.